The predicted octanol–water partition coefficient (Wildman–Crippen LogP) is -0.121. The maximum absolute atomic E-state index is 12.5. The van der Waals surface area contributed by atoms with Gasteiger partial charge in [-0.2, -0.15) is 0 Å². The number of pyridine rings is 1. The second-order valence-corrected chi connectivity index (χ2v) is 6.37. The van der Waals surface area contributed by atoms with Gasteiger partial charge in [0, 0.05) is 37.4 Å². The van der Waals surface area contributed by atoms with Crippen LogP contribution in [0.1, 0.15) is 35.0 Å². The molecule has 0 spiro atoms. The Kier molecular flexibility index (Phi) is 5.56. The van der Waals surface area contributed by atoms with Gasteiger partial charge in [-0.25, -0.2) is 4.98 Å². The first-order chi connectivity index (χ1) is 10.8. The molecule has 7 heteroatoms. The van der Waals surface area contributed by atoms with Crippen molar-refractivity contribution >= 4 is 11.7 Å². The number of aliphatic hydroxyl groups is 1. The highest BCUT2D eigenvalue weighted by Crippen LogP contribution is 2.26. The Morgan fingerprint density at radius 2 is 2.26 bits per heavy atom. The Hall–Kier alpha value is -1.70. The van der Waals surface area contributed by atoms with Crippen molar-refractivity contribution in [3.8, 4) is 0 Å². The predicted molar refractivity (Wildman–Crippen MR) is 90.2 cm³/mol. The Morgan fingerprint density at radius 3 is 2.87 bits per heavy atom. The number of rotatable bonds is 4. The topological polar surface area (TPSA) is 118 Å². The molecule has 6 N–H and O–H groups in total. The van der Waals surface area contributed by atoms with E-state index in [1.165, 1.54) is 0 Å². The van der Waals surface area contributed by atoms with Crippen LogP contribution in [0.3, 0.4) is 0 Å². The number of aryl methyl sites for hydroxylation is 2. The van der Waals surface area contributed by atoms with E-state index in [-0.39, 0.29) is 24.5 Å². The summed E-state index contributed by atoms with van der Waals surface area (Å²) >= 11 is 0. The molecular formula is C16H27N5O2. The molecule has 2 heterocycles. The van der Waals surface area contributed by atoms with Crippen LogP contribution in [-0.4, -0.2) is 47.9 Å². The van der Waals surface area contributed by atoms with Gasteiger partial charge in [-0.1, -0.05) is 0 Å². The van der Waals surface area contributed by atoms with Crippen LogP contribution >= 0.6 is 0 Å². The van der Waals surface area contributed by atoms with Gasteiger partial charge in [-0.15, -0.1) is 0 Å². The second kappa shape index (κ2) is 7.25. The number of aliphatic hydroxyl groups excluding tert-OH is 1. The fourth-order valence-corrected chi connectivity index (χ4v) is 2.82. The summed E-state index contributed by atoms with van der Waals surface area (Å²) in [6.07, 6.45) is 0.325. The average Bonchev–Trinajstić information content (AvgIpc) is 2.49. The number of hydrogen-bond donors (Lipinski definition) is 4. The quantitative estimate of drug-likeness (QED) is 0.574. The number of nitrogens with two attached hydrogens (primary N) is 2. The van der Waals surface area contributed by atoms with E-state index in [9.17, 15) is 9.90 Å². The number of nitrogens with zero attached hydrogens (tertiary/aromatic N) is 2. The van der Waals surface area contributed by atoms with Crippen molar-refractivity contribution in [2.24, 2.45) is 17.4 Å². The summed E-state index contributed by atoms with van der Waals surface area (Å²) in [6, 6.07) is 1.82. The second-order valence-electron chi connectivity index (χ2n) is 6.37. The van der Waals surface area contributed by atoms with Gasteiger partial charge in [0.25, 0.3) is 5.91 Å². The van der Waals surface area contributed by atoms with Crippen LogP contribution in [0.4, 0.5) is 5.82 Å². The monoisotopic (exact) mass is 321 g/mol. The fourth-order valence-electron chi connectivity index (χ4n) is 2.82. The molecule has 0 aliphatic carbocycles. The fraction of sp³-hybridized carbons (Fsp3) is 0.625. The average molecular weight is 321 g/mol. The molecule has 1 aliphatic heterocycles. The molecule has 1 fully saturated rings. The summed E-state index contributed by atoms with van der Waals surface area (Å²) in [5, 5.41) is 12.2. The van der Waals surface area contributed by atoms with E-state index in [4.69, 9.17) is 11.5 Å². The molecule has 1 amide bonds. The third kappa shape index (κ3) is 3.99. The molecule has 0 aromatic carbocycles. The zero-order chi connectivity index (χ0) is 17.1. The van der Waals surface area contributed by atoms with Crippen molar-refractivity contribution in [1.29, 1.82) is 0 Å². The van der Waals surface area contributed by atoms with Crippen molar-refractivity contribution < 1.29 is 9.90 Å². The zero-order valence-corrected chi connectivity index (χ0v) is 14.0. The number of nitrogens with one attached hydrogen (secondary N) is 1. The molecule has 0 bridgehead atoms. The van der Waals surface area contributed by atoms with E-state index in [2.05, 4.69) is 10.3 Å². The molecule has 2 rings (SSSR count). The Morgan fingerprint density at radius 1 is 1.57 bits per heavy atom. The number of amides is 1. The van der Waals surface area contributed by atoms with Crippen LogP contribution in [0.5, 0.6) is 0 Å². The van der Waals surface area contributed by atoms with Crippen molar-refractivity contribution in [2.75, 3.05) is 24.6 Å². The minimum atomic E-state index is -0.433. The molecule has 1 aromatic heterocycles. The largest absolute Gasteiger partial charge is 0.396 e. The van der Waals surface area contributed by atoms with Gasteiger partial charge in [-0.3, -0.25) is 4.79 Å². The summed E-state index contributed by atoms with van der Waals surface area (Å²) in [6.45, 7) is 6.90. The molecule has 3 unspecified atom stereocenters. The minimum Gasteiger partial charge on any atom is -0.396 e. The lowest BCUT2D eigenvalue weighted by atomic mass is 9.93. The first kappa shape index (κ1) is 17.7. The first-order valence-corrected chi connectivity index (χ1v) is 7.99. The maximum Gasteiger partial charge on any atom is 0.256 e. The van der Waals surface area contributed by atoms with E-state index in [1.54, 1.807) is 6.92 Å². The molecule has 0 radical (unpaired) electrons. The van der Waals surface area contributed by atoms with Crippen LogP contribution in [0.15, 0.2) is 6.07 Å². The van der Waals surface area contributed by atoms with E-state index < -0.39 is 6.17 Å². The minimum absolute atomic E-state index is 0.0171. The number of hydrogen-bond acceptors (Lipinski definition) is 6. The highest BCUT2D eigenvalue weighted by molar-refractivity contribution is 5.99. The lowest BCUT2D eigenvalue weighted by Crippen LogP contribution is -2.49. The molecule has 23 heavy (non-hydrogen) atoms. The number of piperidine rings is 1. The van der Waals surface area contributed by atoms with Crippen LogP contribution in [0.25, 0.3) is 0 Å². The SMILES string of the molecule is Cc1cc(C(=O)NC(C)N)c(N2CCC(N)C(CO)C2)nc1C. The van der Waals surface area contributed by atoms with Crippen molar-refractivity contribution in [1.82, 2.24) is 10.3 Å². The number of carbonyl (C=O) groups excluding carboxylic acids is 1. The van der Waals surface area contributed by atoms with Crippen LogP contribution in [-0.2, 0) is 0 Å². The van der Waals surface area contributed by atoms with Gasteiger partial charge in [0.05, 0.1) is 11.7 Å². The number of aromatic nitrogens is 1. The lowest BCUT2D eigenvalue weighted by Gasteiger charge is -2.37. The highest BCUT2D eigenvalue weighted by Gasteiger charge is 2.29. The molecule has 1 aliphatic rings. The van der Waals surface area contributed by atoms with Gasteiger partial charge in [0.2, 0.25) is 0 Å². The van der Waals surface area contributed by atoms with Crippen molar-refractivity contribution in [3.05, 3.63) is 22.9 Å². The van der Waals surface area contributed by atoms with Gasteiger partial charge >= 0.3 is 0 Å². The third-order valence-corrected chi connectivity index (χ3v) is 4.38. The maximum atomic E-state index is 12.5. The molecule has 128 valence electrons. The van der Waals surface area contributed by atoms with Gasteiger partial charge in [0.15, 0.2) is 0 Å². The summed E-state index contributed by atoms with van der Waals surface area (Å²) in [5.74, 6) is 0.383. The standard InChI is InChI=1S/C16H27N5O2/c1-9-6-13(16(23)20-11(3)17)15(19-10(9)2)21-5-4-14(18)12(7-21)8-22/h6,11-12,14,22H,4-5,7-8,17-18H2,1-3H3,(H,20,23). The molecule has 1 aromatic rings. The van der Waals surface area contributed by atoms with Gasteiger partial charge in [0.1, 0.15) is 5.82 Å². The summed E-state index contributed by atoms with van der Waals surface area (Å²) in [5.41, 5.74) is 14.1. The van der Waals surface area contributed by atoms with Crippen molar-refractivity contribution in [2.45, 2.75) is 39.4 Å². The van der Waals surface area contributed by atoms with Crippen LogP contribution in [0, 0.1) is 19.8 Å². The molecular weight excluding hydrogens is 294 g/mol. The van der Waals surface area contributed by atoms with E-state index in [0.29, 0.717) is 24.5 Å². The first-order valence-electron chi connectivity index (χ1n) is 7.99. The van der Waals surface area contributed by atoms with E-state index in [1.807, 2.05) is 24.8 Å². The van der Waals surface area contributed by atoms with Crippen LogP contribution < -0.4 is 21.7 Å². The lowest BCUT2D eigenvalue weighted by molar-refractivity contribution is 0.0941. The molecule has 1 saturated heterocycles. The highest BCUT2D eigenvalue weighted by atomic mass is 16.3. The summed E-state index contributed by atoms with van der Waals surface area (Å²) in [4.78, 5) is 19.1. The summed E-state index contributed by atoms with van der Waals surface area (Å²) in [7, 11) is 0. The third-order valence-electron chi connectivity index (χ3n) is 4.38. The summed E-state index contributed by atoms with van der Waals surface area (Å²) < 4.78 is 0. The Bertz CT molecular complexity index is 576. The zero-order valence-electron chi connectivity index (χ0n) is 14.0. The molecule has 0 saturated carbocycles. The van der Waals surface area contributed by atoms with Gasteiger partial charge < -0.3 is 26.8 Å². The van der Waals surface area contributed by atoms with Gasteiger partial charge in [-0.05, 0) is 38.8 Å². The number of carbonyl (C=O) groups is 1. The Labute approximate surface area is 137 Å². The Balaban J connectivity index is 2.36. The van der Waals surface area contributed by atoms with E-state index >= 15 is 0 Å². The smallest absolute Gasteiger partial charge is 0.256 e. The number of anilines is 1. The normalized spacial score (nSPS) is 22.8. The van der Waals surface area contributed by atoms with Crippen molar-refractivity contribution in [3.63, 3.8) is 0 Å². The molecule has 7 nitrogen and oxygen atoms in total. The van der Waals surface area contributed by atoms with E-state index in [0.717, 1.165) is 17.7 Å². The van der Waals surface area contributed by atoms with Crippen LogP contribution in [0.2, 0.25) is 0 Å². The molecule has 3 atom stereocenters.